The van der Waals surface area contributed by atoms with Crippen LogP contribution in [0.25, 0.3) is 0 Å². The van der Waals surface area contributed by atoms with Gasteiger partial charge in [0.1, 0.15) is 5.82 Å². The molecule has 0 atom stereocenters. The van der Waals surface area contributed by atoms with E-state index in [1.165, 1.54) is 0 Å². The van der Waals surface area contributed by atoms with Gasteiger partial charge in [0.15, 0.2) is 11.6 Å². The molecule has 1 saturated carbocycles. The van der Waals surface area contributed by atoms with E-state index in [-0.39, 0.29) is 24.3 Å². The first-order valence-electron chi connectivity index (χ1n) is 11.4. The summed E-state index contributed by atoms with van der Waals surface area (Å²) >= 11 is 0. The van der Waals surface area contributed by atoms with Gasteiger partial charge in [-0.2, -0.15) is 0 Å². The number of amides is 1. The Balaban J connectivity index is 1.70. The minimum absolute atomic E-state index is 0.0978. The van der Waals surface area contributed by atoms with E-state index >= 15 is 0 Å². The van der Waals surface area contributed by atoms with Gasteiger partial charge >= 0.3 is 6.09 Å². The summed E-state index contributed by atoms with van der Waals surface area (Å²) in [6.45, 7) is 6.08. The summed E-state index contributed by atoms with van der Waals surface area (Å²) in [5.74, 6) is -3.42. The predicted molar refractivity (Wildman–Crippen MR) is 118 cm³/mol. The van der Waals surface area contributed by atoms with Crippen molar-refractivity contribution in [1.29, 1.82) is 0 Å². The molecule has 1 aromatic carbocycles. The van der Waals surface area contributed by atoms with Gasteiger partial charge in [-0.1, -0.05) is 18.9 Å². The molecule has 0 saturated heterocycles. The van der Waals surface area contributed by atoms with Crippen LogP contribution in [0, 0.1) is 17.5 Å². The highest BCUT2D eigenvalue weighted by atomic mass is 19.2. The number of likely N-dealkylation sites (N-methyl/N-ethyl adjacent to an activating group) is 1. The zero-order chi connectivity index (χ0) is 23.5. The molecule has 2 rings (SSSR count). The number of rotatable bonds is 13. The molecule has 32 heavy (non-hydrogen) atoms. The van der Waals surface area contributed by atoms with Crippen molar-refractivity contribution < 1.29 is 27.8 Å². The SMILES string of the molecule is C=CCN(C)CCCCCCOC1CCC(N(Cc2cc(F)c(F)cc2F)C(=O)O)CC1. The van der Waals surface area contributed by atoms with Crippen LogP contribution in [0.2, 0.25) is 0 Å². The van der Waals surface area contributed by atoms with Crippen molar-refractivity contribution in [2.45, 2.75) is 70.1 Å². The van der Waals surface area contributed by atoms with E-state index in [2.05, 4.69) is 18.5 Å². The standard InChI is InChI=1S/C24H35F3N2O3/c1-3-12-28(2)13-6-4-5-7-14-32-20-10-8-19(9-11-20)29(24(30)31)17-18-15-22(26)23(27)16-21(18)25/h3,15-16,19-20H,1,4-14,17H2,2H3,(H,30,31). The van der Waals surface area contributed by atoms with E-state index in [0.717, 1.165) is 62.6 Å². The maximum absolute atomic E-state index is 14.0. The Bertz CT molecular complexity index is 739. The monoisotopic (exact) mass is 456 g/mol. The van der Waals surface area contributed by atoms with Gasteiger partial charge < -0.3 is 19.6 Å². The molecule has 0 spiro atoms. The Labute approximate surface area is 188 Å². The van der Waals surface area contributed by atoms with Crippen LogP contribution in [-0.4, -0.2) is 59.9 Å². The first-order valence-corrected chi connectivity index (χ1v) is 11.4. The molecule has 0 heterocycles. The van der Waals surface area contributed by atoms with Crippen LogP contribution < -0.4 is 0 Å². The number of ether oxygens (including phenoxy) is 1. The second kappa shape index (κ2) is 13.5. The van der Waals surface area contributed by atoms with E-state index < -0.39 is 23.5 Å². The first-order chi connectivity index (χ1) is 15.3. The number of unbranched alkanes of at least 4 members (excludes halogenated alkanes) is 3. The molecule has 0 radical (unpaired) electrons. The van der Waals surface area contributed by atoms with E-state index in [4.69, 9.17) is 4.74 Å². The lowest BCUT2D eigenvalue weighted by Gasteiger charge is -2.35. The van der Waals surface area contributed by atoms with Crippen molar-refractivity contribution in [3.63, 3.8) is 0 Å². The Morgan fingerprint density at radius 3 is 2.41 bits per heavy atom. The summed E-state index contributed by atoms with van der Waals surface area (Å²) in [6, 6.07) is 0.884. The highest BCUT2D eigenvalue weighted by Crippen LogP contribution is 2.27. The number of benzene rings is 1. The number of hydrogen-bond acceptors (Lipinski definition) is 3. The zero-order valence-electron chi connectivity index (χ0n) is 18.9. The van der Waals surface area contributed by atoms with Crippen LogP contribution in [0.5, 0.6) is 0 Å². The molecule has 0 bridgehead atoms. The Kier molecular flexibility index (Phi) is 11.0. The molecular weight excluding hydrogens is 421 g/mol. The van der Waals surface area contributed by atoms with Crippen molar-refractivity contribution in [3.8, 4) is 0 Å². The van der Waals surface area contributed by atoms with Crippen LogP contribution in [0.15, 0.2) is 24.8 Å². The summed E-state index contributed by atoms with van der Waals surface area (Å²) in [6.07, 6.45) is 7.87. The highest BCUT2D eigenvalue weighted by Gasteiger charge is 2.30. The number of carbonyl (C=O) groups is 1. The molecule has 8 heteroatoms. The lowest BCUT2D eigenvalue weighted by Crippen LogP contribution is -2.42. The maximum Gasteiger partial charge on any atom is 0.407 e. The van der Waals surface area contributed by atoms with E-state index in [0.29, 0.717) is 25.5 Å². The van der Waals surface area contributed by atoms with E-state index in [9.17, 15) is 23.1 Å². The summed E-state index contributed by atoms with van der Waals surface area (Å²) in [4.78, 5) is 15.1. The second-order valence-corrected chi connectivity index (χ2v) is 8.53. The quantitative estimate of drug-likeness (QED) is 0.239. The molecule has 1 aliphatic carbocycles. The maximum atomic E-state index is 14.0. The fourth-order valence-electron chi connectivity index (χ4n) is 4.14. The average Bonchev–Trinajstić information content (AvgIpc) is 2.75. The molecule has 180 valence electrons. The van der Waals surface area contributed by atoms with Gasteiger partial charge in [-0.05, 0) is 58.2 Å². The Morgan fingerprint density at radius 2 is 1.75 bits per heavy atom. The third-order valence-corrected chi connectivity index (χ3v) is 5.99. The van der Waals surface area contributed by atoms with Crippen LogP contribution in [0.4, 0.5) is 18.0 Å². The third kappa shape index (κ3) is 8.47. The summed E-state index contributed by atoms with van der Waals surface area (Å²) in [5.41, 5.74) is -0.166. The molecule has 5 nitrogen and oxygen atoms in total. The Hall–Kier alpha value is -2.06. The summed E-state index contributed by atoms with van der Waals surface area (Å²) in [5, 5.41) is 9.57. The minimum atomic E-state index is -1.29. The molecule has 1 fully saturated rings. The van der Waals surface area contributed by atoms with Crippen molar-refractivity contribution in [2.24, 2.45) is 0 Å². The smallest absolute Gasteiger partial charge is 0.407 e. The Morgan fingerprint density at radius 1 is 1.09 bits per heavy atom. The fourth-order valence-corrected chi connectivity index (χ4v) is 4.14. The van der Waals surface area contributed by atoms with Gasteiger partial charge in [0.25, 0.3) is 0 Å². The molecule has 1 aromatic rings. The van der Waals surface area contributed by atoms with Crippen molar-refractivity contribution in [2.75, 3.05) is 26.7 Å². The lowest BCUT2D eigenvalue weighted by molar-refractivity contribution is 0.00587. The predicted octanol–water partition coefficient (Wildman–Crippen LogP) is 5.59. The largest absolute Gasteiger partial charge is 0.465 e. The van der Waals surface area contributed by atoms with E-state index in [1.807, 2.05) is 6.08 Å². The van der Waals surface area contributed by atoms with Gasteiger partial charge in [0, 0.05) is 30.8 Å². The first kappa shape index (κ1) is 26.2. The van der Waals surface area contributed by atoms with Gasteiger partial charge in [0.05, 0.1) is 12.6 Å². The number of carboxylic acid groups (broad SMARTS) is 1. The molecule has 0 unspecified atom stereocenters. The molecule has 0 aliphatic heterocycles. The van der Waals surface area contributed by atoms with Crippen LogP contribution in [0.1, 0.15) is 56.9 Å². The van der Waals surface area contributed by atoms with Gasteiger partial charge in [-0.15, -0.1) is 6.58 Å². The topological polar surface area (TPSA) is 53.0 Å². The van der Waals surface area contributed by atoms with Gasteiger partial charge in [0.2, 0.25) is 0 Å². The second-order valence-electron chi connectivity index (χ2n) is 8.53. The number of nitrogens with zero attached hydrogens (tertiary/aromatic N) is 2. The average molecular weight is 457 g/mol. The highest BCUT2D eigenvalue weighted by molar-refractivity contribution is 5.65. The van der Waals surface area contributed by atoms with Crippen molar-refractivity contribution in [1.82, 2.24) is 9.80 Å². The minimum Gasteiger partial charge on any atom is -0.465 e. The normalized spacial score (nSPS) is 18.7. The van der Waals surface area contributed by atoms with Crippen LogP contribution in [0.3, 0.4) is 0 Å². The van der Waals surface area contributed by atoms with Gasteiger partial charge in [-0.25, -0.2) is 18.0 Å². The molecule has 1 N–H and O–H groups in total. The van der Waals surface area contributed by atoms with Gasteiger partial charge in [-0.3, -0.25) is 0 Å². The molecule has 1 amide bonds. The molecule has 0 aromatic heterocycles. The molecule has 1 aliphatic rings. The van der Waals surface area contributed by atoms with Crippen LogP contribution >= 0.6 is 0 Å². The summed E-state index contributed by atoms with van der Waals surface area (Å²) in [7, 11) is 2.08. The van der Waals surface area contributed by atoms with Crippen molar-refractivity contribution >= 4 is 6.09 Å². The number of halogens is 3. The zero-order valence-corrected chi connectivity index (χ0v) is 18.9. The van der Waals surface area contributed by atoms with Crippen LogP contribution in [-0.2, 0) is 11.3 Å². The van der Waals surface area contributed by atoms with E-state index in [1.54, 1.807) is 0 Å². The number of hydrogen-bond donors (Lipinski definition) is 1. The fraction of sp³-hybridized carbons (Fsp3) is 0.625. The van der Waals surface area contributed by atoms with Crippen molar-refractivity contribution in [3.05, 3.63) is 47.8 Å². The summed E-state index contributed by atoms with van der Waals surface area (Å²) < 4.78 is 46.5. The molecular formula is C24H35F3N2O3. The lowest BCUT2D eigenvalue weighted by atomic mass is 9.91. The third-order valence-electron chi connectivity index (χ3n) is 5.99.